The van der Waals surface area contributed by atoms with E-state index in [1.807, 2.05) is 0 Å². The van der Waals surface area contributed by atoms with Gasteiger partial charge in [0, 0.05) is 20.2 Å². The third kappa shape index (κ3) is 2.66. The highest BCUT2D eigenvalue weighted by molar-refractivity contribution is 7.17. The van der Waals surface area contributed by atoms with Crippen molar-refractivity contribution in [2.45, 2.75) is 26.4 Å². The molecule has 4 nitrogen and oxygen atoms in total. The molecule has 2 heterocycles. The van der Waals surface area contributed by atoms with Gasteiger partial charge in [0.25, 0.3) is 0 Å². The van der Waals surface area contributed by atoms with E-state index in [1.54, 1.807) is 7.11 Å². The maximum atomic E-state index is 10.9. The molecule has 1 unspecified atom stereocenters. The molecular formula is C12H18N2O2S. The van der Waals surface area contributed by atoms with Gasteiger partial charge >= 0.3 is 0 Å². The van der Waals surface area contributed by atoms with Crippen LogP contribution in [0.2, 0.25) is 0 Å². The minimum atomic E-state index is 0.412. The summed E-state index contributed by atoms with van der Waals surface area (Å²) < 4.78 is 5.06. The molecule has 17 heavy (non-hydrogen) atoms. The van der Waals surface area contributed by atoms with Crippen LogP contribution in [0.5, 0.6) is 0 Å². The van der Waals surface area contributed by atoms with E-state index >= 15 is 0 Å². The molecule has 0 saturated carbocycles. The molecule has 1 fully saturated rings. The molecule has 0 radical (unpaired) electrons. The summed E-state index contributed by atoms with van der Waals surface area (Å²) in [5.74, 6) is 0.768. The van der Waals surface area contributed by atoms with E-state index in [9.17, 15) is 4.79 Å². The lowest BCUT2D eigenvalue weighted by Crippen LogP contribution is -2.19. The molecule has 1 saturated heterocycles. The molecule has 94 valence electrons. The van der Waals surface area contributed by atoms with Crippen LogP contribution >= 0.6 is 11.3 Å². The number of thiazole rings is 1. The van der Waals surface area contributed by atoms with Crippen LogP contribution in [0.3, 0.4) is 0 Å². The van der Waals surface area contributed by atoms with Crippen molar-refractivity contribution in [3.05, 3.63) is 10.6 Å². The fraction of sp³-hybridized carbons (Fsp3) is 0.667. The van der Waals surface area contributed by atoms with E-state index in [0.29, 0.717) is 11.5 Å². The second-order valence-corrected chi connectivity index (χ2v) is 5.38. The Balaban J connectivity index is 2.13. The number of anilines is 1. The number of ether oxygens (including phenoxy) is 1. The first-order chi connectivity index (χ1) is 8.28. The monoisotopic (exact) mass is 254 g/mol. The zero-order valence-corrected chi connectivity index (χ0v) is 11.1. The molecule has 0 N–H and O–H groups in total. The molecule has 0 bridgehead atoms. The van der Waals surface area contributed by atoms with E-state index in [-0.39, 0.29) is 0 Å². The maximum absolute atomic E-state index is 10.9. The number of carbonyl (C=O) groups is 1. The fourth-order valence-corrected chi connectivity index (χ4v) is 3.08. The van der Waals surface area contributed by atoms with Crippen molar-refractivity contribution in [2.24, 2.45) is 5.92 Å². The van der Waals surface area contributed by atoms with Gasteiger partial charge in [-0.1, -0.05) is 24.7 Å². The van der Waals surface area contributed by atoms with Gasteiger partial charge in [0.05, 0.1) is 17.2 Å². The zero-order chi connectivity index (χ0) is 12.3. The van der Waals surface area contributed by atoms with Crippen LogP contribution < -0.4 is 4.90 Å². The van der Waals surface area contributed by atoms with E-state index in [1.165, 1.54) is 24.2 Å². The van der Waals surface area contributed by atoms with E-state index in [4.69, 9.17) is 4.74 Å². The summed E-state index contributed by atoms with van der Waals surface area (Å²) in [6, 6.07) is 0. The number of rotatable bonds is 5. The van der Waals surface area contributed by atoms with Crippen LogP contribution in [0.1, 0.15) is 35.1 Å². The molecule has 5 heteroatoms. The van der Waals surface area contributed by atoms with Gasteiger partial charge in [-0.15, -0.1) is 0 Å². The number of methoxy groups -OCH3 is 1. The highest BCUT2D eigenvalue weighted by Crippen LogP contribution is 2.30. The Morgan fingerprint density at radius 2 is 2.47 bits per heavy atom. The lowest BCUT2D eigenvalue weighted by atomic mass is 10.1. The fourth-order valence-electron chi connectivity index (χ4n) is 2.16. The summed E-state index contributed by atoms with van der Waals surface area (Å²) in [6.45, 7) is 4.75. The Hall–Kier alpha value is -0.940. The Labute approximate surface area is 106 Å². The zero-order valence-electron chi connectivity index (χ0n) is 10.3. The topological polar surface area (TPSA) is 42.4 Å². The lowest BCUT2D eigenvalue weighted by Gasteiger charge is -2.13. The molecule has 2 rings (SSSR count). The highest BCUT2D eigenvalue weighted by atomic mass is 32.1. The predicted octanol–water partition coefficient (Wildman–Crippen LogP) is 2.34. The number of hydrogen-bond donors (Lipinski definition) is 0. The minimum Gasteiger partial charge on any atom is -0.378 e. The van der Waals surface area contributed by atoms with Crippen molar-refractivity contribution >= 4 is 22.8 Å². The van der Waals surface area contributed by atoms with Gasteiger partial charge in [-0.3, -0.25) is 4.79 Å². The predicted molar refractivity (Wildman–Crippen MR) is 68.8 cm³/mol. The Morgan fingerprint density at radius 1 is 1.65 bits per heavy atom. The maximum Gasteiger partial charge on any atom is 0.186 e. The van der Waals surface area contributed by atoms with Gasteiger partial charge < -0.3 is 9.64 Å². The highest BCUT2D eigenvalue weighted by Gasteiger charge is 2.24. The van der Waals surface area contributed by atoms with Crippen molar-refractivity contribution in [2.75, 3.05) is 25.1 Å². The van der Waals surface area contributed by atoms with Crippen molar-refractivity contribution in [3.63, 3.8) is 0 Å². The molecule has 0 aromatic carbocycles. The van der Waals surface area contributed by atoms with Crippen molar-refractivity contribution in [1.29, 1.82) is 0 Å². The molecule has 0 aliphatic carbocycles. The molecule has 1 aliphatic heterocycles. The summed E-state index contributed by atoms with van der Waals surface area (Å²) in [4.78, 5) is 18.4. The molecule has 1 aliphatic rings. The van der Waals surface area contributed by atoms with Crippen molar-refractivity contribution < 1.29 is 9.53 Å². The quantitative estimate of drug-likeness (QED) is 0.756. The van der Waals surface area contributed by atoms with E-state index < -0.39 is 0 Å². The number of aldehydes is 1. The summed E-state index contributed by atoms with van der Waals surface area (Å²) in [5.41, 5.74) is 0.766. The second kappa shape index (κ2) is 5.60. The summed E-state index contributed by atoms with van der Waals surface area (Å²) in [6.07, 6.45) is 3.32. The number of aromatic nitrogens is 1. The standard InChI is InChI=1S/C12H18N2O2S/c1-3-9-4-5-14(6-9)12-13-10(8-16-2)11(7-15)17-12/h7,9H,3-6,8H2,1-2H3. The molecule has 1 aromatic heterocycles. The van der Waals surface area contributed by atoms with Crippen molar-refractivity contribution in [3.8, 4) is 0 Å². The largest absolute Gasteiger partial charge is 0.378 e. The second-order valence-electron chi connectivity index (χ2n) is 4.37. The summed E-state index contributed by atoms with van der Waals surface area (Å²) >= 11 is 1.48. The van der Waals surface area contributed by atoms with Gasteiger partial charge in [-0.2, -0.15) is 0 Å². The van der Waals surface area contributed by atoms with Gasteiger partial charge in [-0.25, -0.2) is 4.98 Å². The van der Waals surface area contributed by atoms with Crippen LogP contribution in [0, 0.1) is 5.92 Å². The normalized spacial score (nSPS) is 19.9. The van der Waals surface area contributed by atoms with E-state index in [2.05, 4.69) is 16.8 Å². The number of carbonyl (C=O) groups excluding carboxylic acids is 1. The molecular weight excluding hydrogens is 236 g/mol. The SMILES string of the molecule is CCC1CCN(c2nc(COC)c(C=O)s2)C1. The Kier molecular flexibility index (Phi) is 4.12. The average molecular weight is 254 g/mol. The average Bonchev–Trinajstić information content (AvgIpc) is 2.94. The van der Waals surface area contributed by atoms with Crippen LogP contribution in [-0.4, -0.2) is 31.5 Å². The summed E-state index contributed by atoms with van der Waals surface area (Å²) in [5, 5.41) is 0.968. The van der Waals surface area contributed by atoms with Crippen molar-refractivity contribution in [1.82, 2.24) is 4.98 Å². The third-order valence-electron chi connectivity index (χ3n) is 3.24. The molecule has 1 aromatic rings. The van der Waals surface area contributed by atoms with Crippen LogP contribution in [0.25, 0.3) is 0 Å². The first-order valence-electron chi connectivity index (χ1n) is 5.97. The molecule has 0 spiro atoms. The minimum absolute atomic E-state index is 0.412. The molecule has 0 amide bonds. The van der Waals surface area contributed by atoms with Crippen LogP contribution in [0.4, 0.5) is 5.13 Å². The third-order valence-corrected chi connectivity index (χ3v) is 4.32. The summed E-state index contributed by atoms with van der Waals surface area (Å²) in [7, 11) is 1.62. The van der Waals surface area contributed by atoms with Gasteiger partial charge in [0.2, 0.25) is 0 Å². The first-order valence-corrected chi connectivity index (χ1v) is 6.78. The smallest absolute Gasteiger partial charge is 0.186 e. The Bertz CT molecular complexity index is 392. The van der Waals surface area contributed by atoms with Gasteiger partial charge in [0.15, 0.2) is 11.4 Å². The molecule has 1 atom stereocenters. The Morgan fingerprint density at radius 3 is 3.06 bits per heavy atom. The number of hydrogen-bond acceptors (Lipinski definition) is 5. The lowest BCUT2D eigenvalue weighted by molar-refractivity contribution is 0.112. The van der Waals surface area contributed by atoms with Gasteiger partial charge in [0.1, 0.15) is 0 Å². The van der Waals surface area contributed by atoms with Crippen LogP contribution in [-0.2, 0) is 11.3 Å². The number of nitrogens with zero attached hydrogens (tertiary/aromatic N) is 2. The van der Waals surface area contributed by atoms with E-state index in [0.717, 1.165) is 36.1 Å². The van der Waals surface area contributed by atoms with Crippen LogP contribution in [0.15, 0.2) is 0 Å². The van der Waals surface area contributed by atoms with Gasteiger partial charge in [-0.05, 0) is 12.3 Å². The first kappa shape index (κ1) is 12.5.